The summed E-state index contributed by atoms with van der Waals surface area (Å²) in [6, 6.07) is 7.75. The molecule has 112 valence electrons. The first-order valence-corrected chi connectivity index (χ1v) is 7.55. The molecule has 0 saturated carbocycles. The van der Waals surface area contributed by atoms with Gasteiger partial charge in [-0.15, -0.1) is 11.3 Å². The standard InChI is InChI=1S/C15H12FN3O2S/c16-12-4-2-1-3-11(12)13-7-15(21-19-13)18-14(20)6-5-10-8-22-9-17-10/h1-4,7-9H,5-6H2,(H,18,20). The number of nitrogens with one attached hydrogen (secondary N) is 1. The highest BCUT2D eigenvalue weighted by atomic mass is 32.1. The number of nitrogens with zero attached hydrogens (tertiary/aromatic N) is 2. The molecule has 0 saturated heterocycles. The summed E-state index contributed by atoms with van der Waals surface area (Å²) < 4.78 is 18.7. The highest BCUT2D eigenvalue weighted by molar-refractivity contribution is 7.07. The highest BCUT2D eigenvalue weighted by Gasteiger charge is 2.12. The monoisotopic (exact) mass is 317 g/mol. The summed E-state index contributed by atoms with van der Waals surface area (Å²) in [7, 11) is 0. The zero-order valence-corrected chi connectivity index (χ0v) is 12.3. The lowest BCUT2D eigenvalue weighted by Crippen LogP contribution is -2.11. The van der Waals surface area contributed by atoms with E-state index in [2.05, 4.69) is 15.5 Å². The molecule has 3 aromatic rings. The second-order valence-electron chi connectivity index (χ2n) is 4.58. The van der Waals surface area contributed by atoms with Crippen molar-refractivity contribution in [2.24, 2.45) is 0 Å². The molecule has 0 spiro atoms. The van der Waals surface area contributed by atoms with E-state index in [1.807, 2.05) is 5.38 Å². The quantitative estimate of drug-likeness (QED) is 0.782. The fraction of sp³-hybridized carbons (Fsp3) is 0.133. The number of thiazole rings is 1. The van der Waals surface area contributed by atoms with Crippen LogP contribution in [0.25, 0.3) is 11.3 Å². The Bertz CT molecular complexity index is 771. The van der Waals surface area contributed by atoms with E-state index in [1.165, 1.54) is 23.5 Å². The first kappa shape index (κ1) is 14.4. The number of anilines is 1. The molecular formula is C15H12FN3O2S. The number of amides is 1. The van der Waals surface area contributed by atoms with E-state index in [0.717, 1.165) is 5.69 Å². The molecule has 0 aliphatic carbocycles. The van der Waals surface area contributed by atoms with Gasteiger partial charge in [-0.25, -0.2) is 9.37 Å². The number of halogens is 1. The van der Waals surface area contributed by atoms with Gasteiger partial charge >= 0.3 is 0 Å². The third-order valence-electron chi connectivity index (χ3n) is 3.01. The molecule has 1 amide bonds. The van der Waals surface area contributed by atoms with E-state index in [9.17, 15) is 9.18 Å². The van der Waals surface area contributed by atoms with Gasteiger partial charge in [-0.3, -0.25) is 10.1 Å². The minimum Gasteiger partial charge on any atom is -0.338 e. The van der Waals surface area contributed by atoms with Gasteiger partial charge in [-0.2, -0.15) is 0 Å². The minimum absolute atomic E-state index is 0.196. The maximum Gasteiger partial charge on any atom is 0.231 e. The van der Waals surface area contributed by atoms with Gasteiger partial charge in [0.25, 0.3) is 0 Å². The van der Waals surface area contributed by atoms with Crippen LogP contribution in [0.15, 0.2) is 45.7 Å². The first-order chi connectivity index (χ1) is 10.7. The Morgan fingerprint density at radius 2 is 2.23 bits per heavy atom. The maximum absolute atomic E-state index is 13.6. The second-order valence-corrected chi connectivity index (χ2v) is 5.30. The fourth-order valence-electron chi connectivity index (χ4n) is 1.93. The zero-order valence-electron chi connectivity index (χ0n) is 11.5. The van der Waals surface area contributed by atoms with Crippen LogP contribution in [0.2, 0.25) is 0 Å². The number of hydrogen-bond donors (Lipinski definition) is 1. The third kappa shape index (κ3) is 3.37. The summed E-state index contributed by atoms with van der Waals surface area (Å²) in [5.41, 5.74) is 3.27. The van der Waals surface area contributed by atoms with E-state index in [1.54, 1.807) is 23.7 Å². The Labute approximate surface area is 129 Å². The van der Waals surface area contributed by atoms with Crippen LogP contribution in [0.5, 0.6) is 0 Å². The number of carbonyl (C=O) groups is 1. The Morgan fingerprint density at radius 1 is 1.36 bits per heavy atom. The smallest absolute Gasteiger partial charge is 0.231 e. The normalized spacial score (nSPS) is 10.6. The van der Waals surface area contributed by atoms with Crippen molar-refractivity contribution in [3.05, 3.63) is 52.7 Å². The van der Waals surface area contributed by atoms with E-state index in [-0.39, 0.29) is 11.8 Å². The Balaban J connectivity index is 1.62. The van der Waals surface area contributed by atoms with E-state index in [0.29, 0.717) is 24.1 Å². The molecule has 7 heteroatoms. The van der Waals surface area contributed by atoms with Gasteiger partial charge in [0.15, 0.2) is 0 Å². The van der Waals surface area contributed by atoms with E-state index in [4.69, 9.17) is 4.52 Å². The predicted octanol–water partition coefficient (Wildman–Crippen LogP) is 3.51. The Kier molecular flexibility index (Phi) is 4.24. The first-order valence-electron chi connectivity index (χ1n) is 6.61. The van der Waals surface area contributed by atoms with Crippen molar-refractivity contribution >= 4 is 23.1 Å². The number of aryl methyl sites for hydroxylation is 1. The van der Waals surface area contributed by atoms with Gasteiger partial charge in [-0.05, 0) is 18.6 Å². The summed E-state index contributed by atoms with van der Waals surface area (Å²) in [4.78, 5) is 15.9. The third-order valence-corrected chi connectivity index (χ3v) is 3.65. The number of hydrogen-bond acceptors (Lipinski definition) is 5. The van der Waals surface area contributed by atoms with Gasteiger partial charge in [0, 0.05) is 23.4 Å². The molecule has 3 rings (SSSR count). The highest BCUT2D eigenvalue weighted by Crippen LogP contribution is 2.24. The van der Waals surface area contributed by atoms with Crippen molar-refractivity contribution in [2.45, 2.75) is 12.8 Å². The molecule has 0 radical (unpaired) electrons. The van der Waals surface area contributed by atoms with Crippen LogP contribution in [0.4, 0.5) is 10.3 Å². The summed E-state index contributed by atoms with van der Waals surface area (Å²) in [6.45, 7) is 0. The molecule has 22 heavy (non-hydrogen) atoms. The number of rotatable bonds is 5. The lowest BCUT2D eigenvalue weighted by Gasteiger charge is -1.99. The van der Waals surface area contributed by atoms with Crippen molar-refractivity contribution in [1.29, 1.82) is 0 Å². The summed E-state index contributed by atoms with van der Waals surface area (Å²) >= 11 is 1.49. The molecule has 0 aliphatic rings. The summed E-state index contributed by atoms with van der Waals surface area (Å²) in [5, 5.41) is 8.27. The summed E-state index contributed by atoms with van der Waals surface area (Å²) in [6.07, 6.45) is 0.850. The van der Waals surface area contributed by atoms with Crippen molar-refractivity contribution in [2.75, 3.05) is 5.32 Å². The lowest BCUT2D eigenvalue weighted by molar-refractivity contribution is -0.116. The molecule has 0 bridgehead atoms. The van der Waals surface area contributed by atoms with Crippen molar-refractivity contribution in [3.63, 3.8) is 0 Å². The van der Waals surface area contributed by atoms with Crippen LogP contribution in [0.3, 0.4) is 0 Å². The number of aromatic nitrogens is 2. The number of benzene rings is 1. The molecule has 0 unspecified atom stereocenters. The van der Waals surface area contributed by atoms with Gasteiger partial charge < -0.3 is 4.52 Å². The van der Waals surface area contributed by atoms with E-state index >= 15 is 0 Å². The van der Waals surface area contributed by atoms with Crippen LogP contribution in [-0.4, -0.2) is 16.0 Å². The predicted molar refractivity (Wildman–Crippen MR) is 81.0 cm³/mol. The van der Waals surface area contributed by atoms with Crippen molar-refractivity contribution in [1.82, 2.24) is 10.1 Å². The molecule has 1 aromatic carbocycles. The van der Waals surface area contributed by atoms with Crippen LogP contribution in [0.1, 0.15) is 12.1 Å². The van der Waals surface area contributed by atoms with Crippen LogP contribution in [-0.2, 0) is 11.2 Å². The van der Waals surface area contributed by atoms with Crippen molar-refractivity contribution < 1.29 is 13.7 Å². The average Bonchev–Trinajstić information content (AvgIpc) is 3.17. The fourth-order valence-corrected chi connectivity index (χ4v) is 2.53. The Morgan fingerprint density at radius 3 is 3.00 bits per heavy atom. The lowest BCUT2D eigenvalue weighted by atomic mass is 10.1. The molecular weight excluding hydrogens is 305 g/mol. The van der Waals surface area contributed by atoms with Gasteiger partial charge in [-0.1, -0.05) is 17.3 Å². The molecule has 2 aromatic heterocycles. The van der Waals surface area contributed by atoms with Crippen molar-refractivity contribution in [3.8, 4) is 11.3 Å². The molecule has 2 heterocycles. The SMILES string of the molecule is O=C(CCc1cscn1)Nc1cc(-c2ccccc2F)no1. The van der Waals surface area contributed by atoms with Crippen LogP contribution >= 0.6 is 11.3 Å². The molecule has 0 aliphatic heterocycles. The minimum atomic E-state index is -0.391. The maximum atomic E-state index is 13.6. The second kappa shape index (κ2) is 6.48. The van der Waals surface area contributed by atoms with Gasteiger partial charge in [0.1, 0.15) is 11.5 Å². The van der Waals surface area contributed by atoms with Gasteiger partial charge in [0.05, 0.1) is 11.2 Å². The molecule has 0 fully saturated rings. The Hall–Kier alpha value is -2.54. The average molecular weight is 317 g/mol. The molecule has 1 N–H and O–H groups in total. The number of carbonyl (C=O) groups excluding carboxylic acids is 1. The summed E-state index contributed by atoms with van der Waals surface area (Å²) in [5.74, 6) is -0.400. The van der Waals surface area contributed by atoms with E-state index < -0.39 is 5.82 Å². The van der Waals surface area contributed by atoms with Crippen LogP contribution in [0, 0.1) is 5.82 Å². The zero-order chi connectivity index (χ0) is 15.4. The largest absolute Gasteiger partial charge is 0.338 e. The van der Waals surface area contributed by atoms with Gasteiger partial charge in [0.2, 0.25) is 11.8 Å². The molecule has 0 atom stereocenters. The topological polar surface area (TPSA) is 68.0 Å². The molecule has 5 nitrogen and oxygen atoms in total. The van der Waals surface area contributed by atoms with Crippen LogP contribution < -0.4 is 5.32 Å².